The molecule has 11 heavy (non-hydrogen) atoms. The molecule has 1 aliphatic rings. The van der Waals surface area contributed by atoms with E-state index in [1.165, 1.54) is 0 Å². The van der Waals surface area contributed by atoms with Gasteiger partial charge in [-0.1, -0.05) is 6.08 Å². The molecule has 0 bridgehead atoms. The number of rotatable bonds is 2. The highest BCUT2D eigenvalue weighted by atomic mass is 16.4. The van der Waals surface area contributed by atoms with Gasteiger partial charge in [-0.25, -0.2) is 0 Å². The molecule has 0 aliphatic carbocycles. The fraction of sp³-hybridized carbons (Fsp3) is 0.625. The van der Waals surface area contributed by atoms with Gasteiger partial charge >= 0.3 is 5.97 Å². The minimum absolute atomic E-state index is 0.0984. The minimum atomic E-state index is -0.698. The zero-order valence-corrected chi connectivity index (χ0v) is 6.42. The average Bonchev–Trinajstić information content (AvgIpc) is 2.04. The van der Waals surface area contributed by atoms with Crippen molar-refractivity contribution in [1.29, 1.82) is 0 Å². The fourth-order valence-corrected chi connectivity index (χ4v) is 1.44. The molecule has 0 saturated carbocycles. The largest absolute Gasteiger partial charge is 0.481 e. The van der Waals surface area contributed by atoms with Gasteiger partial charge in [-0.15, -0.1) is 6.58 Å². The van der Waals surface area contributed by atoms with Crippen molar-refractivity contribution in [2.75, 3.05) is 13.1 Å². The molecule has 3 nitrogen and oxygen atoms in total. The SMILES string of the molecule is C=C[C@H]1CNCC[C@H]1C(=O)O. The number of hydrogen-bond acceptors (Lipinski definition) is 2. The predicted molar refractivity (Wildman–Crippen MR) is 42.3 cm³/mol. The monoisotopic (exact) mass is 155 g/mol. The van der Waals surface area contributed by atoms with Gasteiger partial charge in [0.05, 0.1) is 5.92 Å². The molecule has 3 heteroatoms. The number of nitrogens with one attached hydrogen (secondary N) is 1. The maximum absolute atomic E-state index is 10.6. The van der Waals surface area contributed by atoms with E-state index < -0.39 is 5.97 Å². The van der Waals surface area contributed by atoms with Gasteiger partial charge in [-0.3, -0.25) is 4.79 Å². The Hall–Kier alpha value is -0.830. The van der Waals surface area contributed by atoms with Crippen LogP contribution in [0.25, 0.3) is 0 Å². The van der Waals surface area contributed by atoms with E-state index in [0.29, 0.717) is 6.42 Å². The number of carbonyl (C=O) groups is 1. The van der Waals surface area contributed by atoms with Crippen molar-refractivity contribution in [1.82, 2.24) is 5.32 Å². The molecule has 0 spiro atoms. The van der Waals surface area contributed by atoms with Gasteiger partial charge in [0.2, 0.25) is 0 Å². The Morgan fingerprint density at radius 2 is 2.45 bits per heavy atom. The average molecular weight is 155 g/mol. The van der Waals surface area contributed by atoms with Crippen LogP contribution in [-0.2, 0) is 4.79 Å². The first-order valence-electron chi connectivity index (χ1n) is 3.81. The summed E-state index contributed by atoms with van der Waals surface area (Å²) >= 11 is 0. The smallest absolute Gasteiger partial charge is 0.307 e. The summed E-state index contributed by atoms with van der Waals surface area (Å²) in [6.45, 7) is 5.17. The van der Waals surface area contributed by atoms with Crippen molar-refractivity contribution >= 4 is 5.97 Å². The molecule has 1 aliphatic heterocycles. The van der Waals surface area contributed by atoms with Crippen molar-refractivity contribution in [3.05, 3.63) is 12.7 Å². The van der Waals surface area contributed by atoms with Gasteiger partial charge in [-0.05, 0) is 13.0 Å². The van der Waals surface area contributed by atoms with Crippen LogP contribution in [0.1, 0.15) is 6.42 Å². The Morgan fingerprint density at radius 1 is 1.73 bits per heavy atom. The van der Waals surface area contributed by atoms with E-state index in [4.69, 9.17) is 5.11 Å². The van der Waals surface area contributed by atoms with Crippen LogP contribution in [-0.4, -0.2) is 24.2 Å². The molecule has 0 aromatic heterocycles. The molecule has 1 saturated heterocycles. The van der Waals surface area contributed by atoms with Gasteiger partial charge in [-0.2, -0.15) is 0 Å². The Bertz CT molecular complexity index is 167. The van der Waals surface area contributed by atoms with Gasteiger partial charge in [0, 0.05) is 12.5 Å². The summed E-state index contributed by atoms with van der Waals surface area (Å²) in [7, 11) is 0. The van der Waals surface area contributed by atoms with E-state index in [1.54, 1.807) is 6.08 Å². The lowest BCUT2D eigenvalue weighted by molar-refractivity contribution is -0.143. The maximum atomic E-state index is 10.6. The second kappa shape index (κ2) is 3.53. The fourth-order valence-electron chi connectivity index (χ4n) is 1.44. The summed E-state index contributed by atoms with van der Waals surface area (Å²) in [5.74, 6) is -0.827. The second-order valence-electron chi connectivity index (χ2n) is 2.84. The Balaban J connectivity index is 2.58. The third kappa shape index (κ3) is 1.80. The molecule has 1 rings (SSSR count). The number of hydrogen-bond donors (Lipinski definition) is 2. The molecule has 1 heterocycles. The van der Waals surface area contributed by atoms with Crippen LogP contribution >= 0.6 is 0 Å². The van der Waals surface area contributed by atoms with Gasteiger partial charge < -0.3 is 10.4 Å². The summed E-state index contributed by atoms with van der Waals surface area (Å²) < 4.78 is 0. The number of aliphatic carboxylic acids is 1. The molecule has 1 fully saturated rings. The first-order chi connectivity index (χ1) is 5.25. The Kier molecular flexibility index (Phi) is 2.65. The van der Waals surface area contributed by atoms with Gasteiger partial charge in [0.1, 0.15) is 0 Å². The lowest BCUT2D eigenvalue weighted by atomic mass is 9.87. The first kappa shape index (κ1) is 8.27. The normalized spacial score (nSPS) is 31.3. The predicted octanol–water partition coefficient (Wildman–Crippen LogP) is 0.483. The Labute approximate surface area is 66.1 Å². The van der Waals surface area contributed by atoms with Crippen LogP contribution in [0.3, 0.4) is 0 Å². The molecule has 0 aromatic carbocycles. The molecular formula is C8H13NO2. The maximum Gasteiger partial charge on any atom is 0.307 e. The summed E-state index contributed by atoms with van der Waals surface area (Å²) in [5.41, 5.74) is 0. The number of carboxylic acids is 1. The molecule has 0 amide bonds. The molecule has 0 radical (unpaired) electrons. The van der Waals surface area contributed by atoms with Crippen LogP contribution < -0.4 is 5.32 Å². The molecule has 62 valence electrons. The van der Waals surface area contributed by atoms with E-state index in [9.17, 15) is 4.79 Å². The standard InChI is InChI=1S/C8H13NO2/c1-2-6-5-9-4-3-7(6)8(10)11/h2,6-7,9H,1,3-5H2,(H,10,11)/t6-,7+/m0/s1. The molecule has 2 atom stereocenters. The van der Waals surface area contributed by atoms with Crippen molar-refractivity contribution in [2.45, 2.75) is 6.42 Å². The Morgan fingerprint density at radius 3 is 2.91 bits per heavy atom. The van der Waals surface area contributed by atoms with Crippen molar-refractivity contribution in [2.24, 2.45) is 11.8 Å². The quantitative estimate of drug-likeness (QED) is 0.570. The van der Waals surface area contributed by atoms with Crippen molar-refractivity contribution in [3.63, 3.8) is 0 Å². The van der Waals surface area contributed by atoms with E-state index >= 15 is 0 Å². The third-order valence-corrected chi connectivity index (χ3v) is 2.15. The molecule has 0 unspecified atom stereocenters. The number of carboxylic acid groups (broad SMARTS) is 1. The highest BCUT2D eigenvalue weighted by molar-refractivity contribution is 5.70. The molecule has 0 aromatic rings. The molecule has 2 N–H and O–H groups in total. The van der Waals surface area contributed by atoms with E-state index in [1.807, 2.05) is 0 Å². The van der Waals surface area contributed by atoms with Crippen LogP contribution in [0.2, 0.25) is 0 Å². The minimum Gasteiger partial charge on any atom is -0.481 e. The third-order valence-electron chi connectivity index (χ3n) is 2.15. The topological polar surface area (TPSA) is 49.3 Å². The van der Waals surface area contributed by atoms with Crippen LogP contribution in [0.15, 0.2) is 12.7 Å². The van der Waals surface area contributed by atoms with E-state index in [-0.39, 0.29) is 11.8 Å². The summed E-state index contributed by atoms with van der Waals surface area (Å²) in [4.78, 5) is 10.6. The zero-order chi connectivity index (χ0) is 8.27. The lowest BCUT2D eigenvalue weighted by Crippen LogP contribution is -2.39. The van der Waals surface area contributed by atoms with Crippen molar-refractivity contribution < 1.29 is 9.90 Å². The lowest BCUT2D eigenvalue weighted by Gasteiger charge is -2.26. The second-order valence-corrected chi connectivity index (χ2v) is 2.84. The number of piperidine rings is 1. The molecular weight excluding hydrogens is 142 g/mol. The summed E-state index contributed by atoms with van der Waals surface area (Å²) in [6, 6.07) is 0. The summed E-state index contributed by atoms with van der Waals surface area (Å²) in [6.07, 6.45) is 2.44. The van der Waals surface area contributed by atoms with Gasteiger partial charge in [0.15, 0.2) is 0 Å². The van der Waals surface area contributed by atoms with E-state index in [0.717, 1.165) is 13.1 Å². The summed E-state index contributed by atoms with van der Waals surface area (Å²) in [5, 5.41) is 11.9. The first-order valence-corrected chi connectivity index (χ1v) is 3.81. The van der Waals surface area contributed by atoms with Crippen LogP contribution in [0.4, 0.5) is 0 Å². The highest BCUT2D eigenvalue weighted by Crippen LogP contribution is 2.19. The van der Waals surface area contributed by atoms with Crippen molar-refractivity contribution in [3.8, 4) is 0 Å². The van der Waals surface area contributed by atoms with E-state index in [2.05, 4.69) is 11.9 Å². The highest BCUT2D eigenvalue weighted by Gasteiger charge is 2.27. The van der Waals surface area contributed by atoms with Crippen LogP contribution in [0, 0.1) is 11.8 Å². The zero-order valence-electron chi connectivity index (χ0n) is 6.42. The van der Waals surface area contributed by atoms with Crippen LogP contribution in [0.5, 0.6) is 0 Å². The van der Waals surface area contributed by atoms with Gasteiger partial charge in [0.25, 0.3) is 0 Å².